The summed E-state index contributed by atoms with van der Waals surface area (Å²) in [7, 11) is 0. The van der Waals surface area contributed by atoms with Gasteiger partial charge in [0.15, 0.2) is 5.13 Å². The van der Waals surface area contributed by atoms with Gasteiger partial charge in [-0.25, -0.2) is 4.98 Å². The van der Waals surface area contributed by atoms with E-state index in [1.165, 1.54) is 11.3 Å². The van der Waals surface area contributed by atoms with Gasteiger partial charge in [0, 0.05) is 23.4 Å². The first-order chi connectivity index (χ1) is 12.2. The number of nitrogens with zero attached hydrogens (tertiary/aromatic N) is 1. The monoisotopic (exact) mass is 349 g/mol. The van der Waals surface area contributed by atoms with Crippen LogP contribution in [0.15, 0.2) is 54.3 Å². The summed E-state index contributed by atoms with van der Waals surface area (Å²) in [6.45, 7) is 4.00. The molecule has 1 unspecified atom stereocenters. The van der Waals surface area contributed by atoms with Gasteiger partial charge in [-0.1, -0.05) is 49.4 Å². The van der Waals surface area contributed by atoms with Crippen molar-refractivity contribution in [2.45, 2.75) is 26.3 Å². The molecule has 0 aliphatic heterocycles. The van der Waals surface area contributed by atoms with Gasteiger partial charge in [0.25, 0.3) is 5.91 Å². The molecule has 3 rings (SSSR count). The summed E-state index contributed by atoms with van der Waals surface area (Å²) in [6, 6.07) is 9.82. The molecule has 1 atom stereocenters. The molecule has 1 aliphatic rings. The summed E-state index contributed by atoms with van der Waals surface area (Å²) < 4.78 is 0. The molecule has 1 amide bonds. The van der Waals surface area contributed by atoms with Crippen LogP contribution in [-0.2, 0) is 6.42 Å². The van der Waals surface area contributed by atoms with Gasteiger partial charge in [0.2, 0.25) is 0 Å². The van der Waals surface area contributed by atoms with E-state index in [1.54, 1.807) is 6.08 Å². The lowest BCUT2D eigenvalue weighted by Gasteiger charge is -2.13. The van der Waals surface area contributed by atoms with E-state index >= 15 is 0 Å². The molecule has 0 bridgehead atoms. The number of hydrogen-bond acceptors (Lipinski definition) is 4. The Hall–Kier alpha value is -2.40. The number of allylic oxidation sites excluding steroid dienone is 4. The normalized spacial score (nSPS) is 14.7. The summed E-state index contributed by atoms with van der Waals surface area (Å²) in [5, 5.41) is 6.89. The van der Waals surface area contributed by atoms with Crippen molar-refractivity contribution in [1.29, 1.82) is 0 Å². The fraction of sp³-hybridized carbons (Fsp3) is 0.200. The van der Waals surface area contributed by atoms with E-state index in [-0.39, 0.29) is 11.9 Å². The largest absolute Gasteiger partial charge is 0.344 e. The van der Waals surface area contributed by atoms with E-state index in [0.717, 1.165) is 22.6 Å². The first kappa shape index (κ1) is 17.4. The van der Waals surface area contributed by atoms with Crippen molar-refractivity contribution in [3.05, 3.63) is 83.2 Å². The van der Waals surface area contributed by atoms with Crippen molar-refractivity contribution < 1.29 is 4.79 Å². The number of carbonyl (C=O) groups is 1. The van der Waals surface area contributed by atoms with Crippen LogP contribution in [0.3, 0.4) is 0 Å². The number of rotatable bonds is 6. The van der Waals surface area contributed by atoms with Gasteiger partial charge in [0.1, 0.15) is 5.69 Å². The molecule has 2 aromatic rings. The Morgan fingerprint density at radius 1 is 1.32 bits per heavy atom. The van der Waals surface area contributed by atoms with Crippen LogP contribution in [0.5, 0.6) is 0 Å². The van der Waals surface area contributed by atoms with E-state index in [9.17, 15) is 4.79 Å². The van der Waals surface area contributed by atoms with E-state index in [4.69, 9.17) is 0 Å². The highest BCUT2D eigenvalue weighted by atomic mass is 32.1. The first-order valence-electron chi connectivity index (χ1n) is 8.18. The maximum atomic E-state index is 12.7. The summed E-state index contributed by atoms with van der Waals surface area (Å²) in [6.07, 6.45) is 12.2. The molecule has 4 nitrogen and oxygen atoms in total. The average Bonchev–Trinajstić information content (AvgIpc) is 3.06. The minimum atomic E-state index is -0.152. The number of aryl methyl sites for hydroxylation is 1. The molecule has 0 fully saturated rings. The predicted molar refractivity (Wildman–Crippen MR) is 101 cm³/mol. The highest BCUT2D eigenvalue weighted by Crippen LogP contribution is 2.26. The van der Waals surface area contributed by atoms with Crippen molar-refractivity contribution in [3.8, 4) is 0 Å². The summed E-state index contributed by atoms with van der Waals surface area (Å²) >= 11 is 1.49. The van der Waals surface area contributed by atoms with Gasteiger partial charge in [-0.3, -0.25) is 4.79 Å². The zero-order valence-electron chi connectivity index (χ0n) is 14.2. The van der Waals surface area contributed by atoms with Gasteiger partial charge < -0.3 is 10.6 Å². The van der Waals surface area contributed by atoms with Crippen molar-refractivity contribution in [1.82, 2.24) is 10.3 Å². The lowest BCUT2D eigenvalue weighted by Crippen LogP contribution is -2.27. The van der Waals surface area contributed by atoms with Crippen molar-refractivity contribution in [3.63, 3.8) is 0 Å². The number of thiazole rings is 1. The molecule has 5 heteroatoms. The predicted octanol–water partition coefficient (Wildman–Crippen LogP) is 4.22. The zero-order valence-corrected chi connectivity index (χ0v) is 15.0. The fourth-order valence-corrected chi connectivity index (χ4v) is 3.36. The SMILES string of the molecule is CCc1sc(NC2=CC=C[C][C]2)nc1C(=O)NC(C)c1ccccc1. The zero-order chi connectivity index (χ0) is 17.6. The van der Waals surface area contributed by atoms with Crippen molar-refractivity contribution >= 4 is 22.4 Å². The number of carbonyl (C=O) groups excluding carboxylic acids is 1. The molecular formula is C20H19N3OS. The molecule has 2 N–H and O–H groups in total. The average molecular weight is 349 g/mol. The minimum Gasteiger partial charge on any atom is -0.344 e. The smallest absolute Gasteiger partial charge is 0.271 e. The third-order valence-corrected chi connectivity index (χ3v) is 4.89. The molecule has 0 saturated heterocycles. The Balaban J connectivity index is 1.73. The van der Waals surface area contributed by atoms with Gasteiger partial charge in [-0.2, -0.15) is 0 Å². The van der Waals surface area contributed by atoms with Crippen LogP contribution in [0.1, 0.15) is 40.8 Å². The molecule has 0 saturated carbocycles. The van der Waals surface area contributed by atoms with Crippen LogP contribution in [0.25, 0.3) is 0 Å². The number of amides is 1. The third-order valence-electron chi connectivity index (χ3n) is 3.77. The molecule has 1 heterocycles. The second-order valence-corrected chi connectivity index (χ2v) is 6.67. The van der Waals surface area contributed by atoms with Gasteiger partial charge in [0.05, 0.1) is 6.04 Å². The highest BCUT2D eigenvalue weighted by molar-refractivity contribution is 7.15. The molecule has 1 aromatic heterocycles. The maximum Gasteiger partial charge on any atom is 0.271 e. The Labute approximate surface area is 152 Å². The minimum absolute atomic E-state index is 0.0754. The van der Waals surface area contributed by atoms with E-state index < -0.39 is 0 Å². The number of nitrogens with one attached hydrogen (secondary N) is 2. The summed E-state index contributed by atoms with van der Waals surface area (Å²) in [5.41, 5.74) is 2.33. The Bertz CT molecular complexity index is 793. The topological polar surface area (TPSA) is 54.0 Å². The molecule has 25 heavy (non-hydrogen) atoms. The molecule has 126 valence electrons. The fourth-order valence-electron chi connectivity index (χ4n) is 2.45. The van der Waals surface area contributed by atoms with E-state index in [0.29, 0.717) is 10.8 Å². The molecule has 1 aromatic carbocycles. The first-order valence-corrected chi connectivity index (χ1v) is 9.00. The lowest BCUT2D eigenvalue weighted by atomic mass is 10.1. The van der Waals surface area contributed by atoms with Crippen LogP contribution in [0, 0.1) is 12.8 Å². The Morgan fingerprint density at radius 2 is 2.12 bits per heavy atom. The Morgan fingerprint density at radius 3 is 2.80 bits per heavy atom. The van der Waals surface area contributed by atoms with E-state index in [2.05, 4.69) is 28.5 Å². The lowest BCUT2D eigenvalue weighted by molar-refractivity contribution is 0.0934. The quantitative estimate of drug-likeness (QED) is 0.821. The van der Waals surface area contributed by atoms with E-state index in [1.807, 2.05) is 56.3 Å². The van der Waals surface area contributed by atoms with Crippen LogP contribution < -0.4 is 10.6 Å². The van der Waals surface area contributed by atoms with Crippen LogP contribution in [0.4, 0.5) is 5.13 Å². The van der Waals surface area contributed by atoms with Crippen LogP contribution in [-0.4, -0.2) is 10.9 Å². The summed E-state index contributed by atoms with van der Waals surface area (Å²) in [4.78, 5) is 18.1. The standard InChI is InChI=1S/C20H19N3OS/c1-3-17-18(19(24)21-14(2)15-10-6-4-7-11-15)23-20(25-17)22-16-12-8-5-9-13-16/h4-8,10-12,14H,3H2,1-2H3,(H,21,24)(H,22,23). The number of benzene rings is 1. The molecule has 0 spiro atoms. The van der Waals surface area contributed by atoms with Crippen LogP contribution in [0.2, 0.25) is 0 Å². The molecular weight excluding hydrogens is 330 g/mol. The third kappa shape index (κ3) is 4.37. The number of aromatic nitrogens is 1. The molecule has 4 radical (unpaired) electrons. The van der Waals surface area contributed by atoms with Crippen LogP contribution >= 0.6 is 11.3 Å². The Kier molecular flexibility index (Phi) is 5.66. The number of anilines is 1. The van der Waals surface area contributed by atoms with Gasteiger partial charge >= 0.3 is 0 Å². The highest BCUT2D eigenvalue weighted by Gasteiger charge is 2.19. The maximum absolute atomic E-state index is 12.7. The van der Waals surface area contributed by atoms with Gasteiger partial charge in [-0.05, 0) is 25.0 Å². The second kappa shape index (κ2) is 8.12. The second-order valence-electron chi connectivity index (χ2n) is 5.58. The number of hydrogen-bond donors (Lipinski definition) is 2. The van der Waals surface area contributed by atoms with Crippen molar-refractivity contribution in [2.75, 3.05) is 5.32 Å². The molecule has 1 aliphatic carbocycles. The summed E-state index contributed by atoms with van der Waals surface area (Å²) in [5.74, 6) is -0.152. The van der Waals surface area contributed by atoms with Crippen molar-refractivity contribution in [2.24, 2.45) is 0 Å². The van der Waals surface area contributed by atoms with Gasteiger partial charge in [-0.15, -0.1) is 11.3 Å².